The van der Waals surface area contributed by atoms with Crippen molar-refractivity contribution in [3.8, 4) is 0 Å². The van der Waals surface area contributed by atoms with Gasteiger partial charge in [0.05, 0.1) is 0 Å². The molecule has 3 rings (SSSR count). The SMILES string of the molecule is Cc1ccccc1Cc1cccnc1NC(=N)NCc1ccccc1.O=C(O)/C=C\C(=O)O. The predicted molar refractivity (Wildman–Crippen MR) is 127 cm³/mol. The van der Waals surface area contributed by atoms with E-state index in [1.807, 2.05) is 48.5 Å². The van der Waals surface area contributed by atoms with Crippen LogP contribution in [0.5, 0.6) is 0 Å². The maximum Gasteiger partial charge on any atom is 0.328 e. The van der Waals surface area contributed by atoms with Crippen LogP contribution in [-0.4, -0.2) is 33.1 Å². The quantitative estimate of drug-likeness (QED) is 0.211. The highest BCUT2D eigenvalue weighted by molar-refractivity contribution is 5.91. The molecule has 0 aliphatic heterocycles. The zero-order valence-electron chi connectivity index (χ0n) is 18.2. The highest BCUT2D eigenvalue weighted by atomic mass is 16.4. The molecule has 170 valence electrons. The molecule has 0 atom stereocenters. The second kappa shape index (κ2) is 13.1. The van der Waals surface area contributed by atoms with Crippen LogP contribution in [0.2, 0.25) is 0 Å². The number of nitrogens with one attached hydrogen (secondary N) is 3. The number of hydrogen-bond donors (Lipinski definition) is 5. The number of carboxylic acids is 2. The molecule has 1 heterocycles. The Labute approximate surface area is 192 Å². The van der Waals surface area contributed by atoms with Crippen molar-refractivity contribution >= 4 is 23.7 Å². The Morgan fingerprint density at radius 1 is 0.909 bits per heavy atom. The third-order valence-electron chi connectivity index (χ3n) is 4.46. The number of nitrogens with zero attached hydrogens (tertiary/aromatic N) is 1. The molecule has 1 aromatic heterocycles. The lowest BCUT2D eigenvalue weighted by Crippen LogP contribution is -2.29. The molecule has 5 N–H and O–H groups in total. The van der Waals surface area contributed by atoms with Gasteiger partial charge in [-0.2, -0.15) is 0 Å². The van der Waals surface area contributed by atoms with Gasteiger partial charge >= 0.3 is 11.9 Å². The molecule has 2 aromatic carbocycles. The normalized spacial score (nSPS) is 10.1. The van der Waals surface area contributed by atoms with Crippen LogP contribution in [0.4, 0.5) is 5.82 Å². The zero-order valence-corrected chi connectivity index (χ0v) is 18.2. The van der Waals surface area contributed by atoms with Gasteiger partial charge in [0.15, 0.2) is 5.96 Å². The van der Waals surface area contributed by atoms with Crippen LogP contribution in [0.15, 0.2) is 85.1 Å². The molecule has 0 unspecified atom stereocenters. The summed E-state index contributed by atoms with van der Waals surface area (Å²) in [6.07, 6.45) is 3.65. The first-order chi connectivity index (χ1) is 15.8. The number of anilines is 1. The van der Waals surface area contributed by atoms with Gasteiger partial charge in [-0.05, 0) is 35.2 Å². The van der Waals surface area contributed by atoms with Crippen LogP contribution in [-0.2, 0) is 22.6 Å². The first-order valence-corrected chi connectivity index (χ1v) is 10.1. The van der Waals surface area contributed by atoms with Crippen molar-refractivity contribution in [1.82, 2.24) is 10.3 Å². The second-order valence-corrected chi connectivity index (χ2v) is 6.96. The number of carboxylic acid groups (broad SMARTS) is 2. The maximum absolute atomic E-state index is 9.55. The minimum absolute atomic E-state index is 0.244. The minimum atomic E-state index is -1.26. The van der Waals surface area contributed by atoms with Gasteiger partial charge < -0.3 is 20.8 Å². The van der Waals surface area contributed by atoms with E-state index in [9.17, 15) is 9.59 Å². The molecular formula is C25H26N4O4. The lowest BCUT2D eigenvalue weighted by atomic mass is 10.0. The third kappa shape index (κ3) is 9.48. The summed E-state index contributed by atoms with van der Waals surface area (Å²) in [5.41, 5.74) is 4.73. The van der Waals surface area contributed by atoms with Gasteiger partial charge in [-0.25, -0.2) is 14.6 Å². The van der Waals surface area contributed by atoms with Crippen LogP contribution in [0.1, 0.15) is 22.3 Å². The summed E-state index contributed by atoms with van der Waals surface area (Å²) in [6, 6.07) is 22.4. The molecule has 0 bridgehead atoms. The van der Waals surface area contributed by atoms with Crippen molar-refractivity contribution in [1.29, 1.82) is 5.41 Å². The van der Waals surface area contributed by atoms with E-state index in [4.69, 9.17) is 15.6 Å². The number of guanidine groups is 1. The molecule has 0 radical (unpaired) electrons. The second-order valence-electron chi connectivity index (χ2n) is 6.96. The highest BCUT2D eigenvalue weighted by Gasteiger charge is 2.08. The van der Waals surface area contributed by atoms with Gasteiger partial charge in [0.25, 0.3) is 0 Å². The van der Waals surface area contributed by atoms with E-state index in [0.29, 0.717) is 18.7 Å². The van der Waals surface area contributed by atoms with Crippen LogP contribution < -0.4 is 10.6 Å². The number of benzene rings is 2. The van der Waals surface area contributed by atoms with Crippen molar-refractivity contribution in [2.45, 2.75) is 19.9 Å². The van der Waals surface area contributed by atoms with E-state index in [1.165, 1.54) is 11.1 Å². The van der Waals surface area contributed by atoms with Crippen LogP contribution in [0, 0.1) is 12.3 Å². The topological polar surface area (TPSA) is 135 Å². The van der Waals surface area contributed by atoms with Gasteiger partial charge in [0, 0.05) is 31.3 Å². The molecule has 0 aliphatic rings. The Balaban J connectivity index is 0.000000414. The third-order valence-corrected chi connectivity index (χ3v) is 4.46. The number of hydrogen-bond acceptors (Lipinski definition) is 4. The van der Waals surface area contributed by atoms with Crippen molar-refractivity contribution < 1.29 is 19.8 Å². The van der Waals surface area contributed by atoms with Gasteiger partial charge in [-0.1, -0.05) is 60.7 Å². The lowest BCUT2D eigenvalue weighted by Gasteiger charge is -2.14. The molecule has 0 saturated heterocycles. The average molecular weight is 447 g/mol. The van der Waals surface area contributed by atoms with Gasteiger partial charge in [-0.3, -0.25) is 5.41 Å². The fourth-order valence-electron chi connectivity index (χ4n) is 2.80. The number of carbonyl (C=O) groups is 2. The fourth-order valence-corrected chi connectivity index (χ4v) is 2.80. The van der Waals surface area contributed by atoms with Crippen molar-refractivity contribution in [2.24, 2.45) is 0 Å². The van der Waals surface area contributed by atoms with Gasteiger partial charge in [0.2, 0.25) is 0 Å². The molecule has 0 saturated carbocycles. The number of rotatable bonds is 7. The Hall–Kier alpha value is -4.46. The largest absolute Gasteiger partial charge is 0.478 e. The Morgan fingerprint density at radius 3 is 2.15 bits per heavy atom. The molecule has 0 aliphatic carbocycles. The van der Waals surface area contributed by atoms with Crippen LogP contribution >= 0.6 is 0 Å². The first-order valence-electron chi connectivity index (χ1n) is 10.1. The number of aryl methyl sites for hydroxylation is 1. The molecule has 0 fully saturated rings. The summed E-state index contributed by atoms with van der Waals surface area (Å²) in [5.74, 6) is -1.55. The Kier molecular flexibility index (Phi) is 9.82. The lowest BCUT2D eigenvalue weighted by molar-refractivity contribution is -0.134. The molecule has 0 amide bonds. The molecule has 8 heteroatoms. The van der Waals surface area contributed by atoms with Crippen LogP contribution in [0.25, 0.3) is 0 Å². The van der Waals surface area contributed by atoms with E-state index >= 15 is 0 Å². The van der Waals surface area contributed by atoms with E-state index in [0.717, 1.165) is 23.4 Å². The standard InChI is InChI=1S/C21H22N4.C4H4O4/c1-16-8-5-6-11-18(16)14-19-12-7-13-23-20(19)25-21(22)24-15-17-9-3-2-4-10-17;5-3(6)1-2-4(7)8/h2-13H,14-15H2,1H3,(H3,22,23,24,25);1-2H,(H,5,6)(H,7,8)/b;2-1-. The fraction of sp³-hybridized carbons (Fsp3) is 0.120. The Bertz CT molecular complexity index is 1100. The van der Waals surface area contributed by atoms with E-state index in [1.54, 1.807) is 6.20 Å². The first kappa shape index (κ1) is 24.8. The maximum atomic E-state index is 9.55. The predicted octanol–water partition coefficient (Wildman–Crippen LogP) is 3.83. The number of pyridine rings is 1. The van der Waals surface area contributed by atoms with Crippen LogP contribution in [0.3, 0.4) is 0 Å². The molecular weight excluding hydrogens is 420 g/mol. The smallest absolute Gasteiger partial charge is 0.328 e. The average Bonchev–Trinajstić information content (AvgIpc) is 2.80. The highest BCUT2D eigenvalue weighted by Crippen LogP contribution is 2.18. The summed E-state index contributed by atoms with van der Waals surface area (Å²) >= 11 is 0. The van der Waals surface area contributed by atoms with E-state index < -0.39 is 11.9 Å². The summed E-state index contributed by atoms with van der Waals surface area (Å²) in [6.45, 7) is 2.72. The van der Waals surface area contributed by atoms with Gasteiger partial charge in [-0.15, -0.1) is 0 Å². The van der Waals surface area contributed by atoms with E-state index in [-0.39, 0.29) is 5.96 Å². The molecule has 8 nitrogen and oxygen atoms in total. The van der Waals surface area contributed by atoms with Crippen molar-refractivity contribution in [3.05, 3.63) is 107 Å². The zero-order chi connectivity index (χ0) is 24.1. The summed E-state index contributed by atoms with van der Waals surface area (Å²) in [4.78, 5) is 23.5. The molecule has 0 spiro atoms. The monoisotopic (exact) mass is 446 g/mol. The summed E-state index contributed by atoms with van der Waals surface area (Å²) < 4.78 is 0. The van der Waals surface area contributed by atoms with Gasteiger partial charge in [0.1, 0.15) is 5.82 Å². The van der Waals surface area contributed by atoms with Crippen molar-refractivity contribution in [2.75, 3.05) is 5.32 Å². The van der Waals surface area contributed by atoms with E-state index in [2.05, 4.69) is 40.7 Å². The molecule has 3 aromatic rings. The molecule has 33 heavy (non-hydrogen) atoms. The number of aliphatic carboxylic acids is 2. The van der Waals surface area contributed by atoms with Crippen molar-refractivity contribution in [3.63, 3.8) is 0 Å². The minimum Gasteiger partial charge on any atom is -0.478 e. The summed E-state index contributed by atoms with van der Waals surface area (Å²) in [5, 5.41) is 29.9. The number of aromatic nitrogens is 1. The Morgan fingerprint density at radius 2 is 1.52 bits per heavy atom. The summed E-state index contributed by atoms with van der Waals surface area (Å²) in [7, 11) is 0.